The van der Waals surface area contributed by atoms with Crippen LogP contribution in [0.25, 0.3) is 0 Å². The topological polar surface area (TPSA) is 108 Å². The summed E-state index contributed by atoms with van der Waals surface area (Å²) in [7, 11) is 1.24. The highest BCUT2D eigenvalue weighted by molar-refractivity contribution is 6.09. The average molecular weight is 423 g/mol. The maximum atomic E-state index is 12.8. The second-order valence-corrected chi connectivity index (χ2v) is 6.97. The second-order valence-electron chi connectivity index (χ2n) is 6.97. The van der Waals surface area contributed by atoms with Crippen LogP contribution < -0.4 is 10.6 Å². The number of aliphatic hydroxyl groups excluding tert-OH is 1. The number of carbonyl (C=O) groups excluding carboxylic acids is 3. The average Bonchev–Trinajstić information content (AvgIpc) is 3.09. The highest BCUT2D eigenvalue weighted by Gasteiger charge is 2.34. The zero-order valence-electron chi connectivity index (χ0n) is 17.5. The number of hydrogen-bond donors (Lipinski definition) is 3. The van der Waals surface area contributed by atoms with Crippen molar-refractivity contribution >= 4 is 29.2 Å². The van der Waals surface area contributed by atoms with Crippen molar-refractivity contribution < 1.29 is 24.2 Å². The Morgan fingerprint density at radius 1 is 1.16 bits per heavy atom. The van der Waals surface area contributed by atoms with Crippen LogP contribution in [-0.2, 0) is 20.7 Å². The van der Waals surface area contributed by atoms with E-state index >= 15 is 0 Å². The molecule has 0 unspecified atom stereocenters. The lowest BCUT2D eigenvalue weighted by atomic mass is 10.1. The molecule has 31 heavy (non-hydrogen) atoms. The van der Waals surface area contributed by atoms with Crippen molar-refractivity contribution in [2.24, 2.45) is 0 Å². The lowest BCUT2D eigenvalue weighted by Gasteiger charge is -2.15. The highest BCUT2D eigenvalue weighted by Crippen LogP contribution is 2.24. The third-order valence-electron chi connectivity index (χ3n) is 4.99. The first kappa shape index (κ1) is 22.0. The van der Waals surface area contributed by atoms with Gasteiger partial charge in [-0.3, -0.25) is 9.59 Å². The van der Waals surface area contributed by atoms with Crippen LogP contribution in [0, 0.1) is 0 Å². The Kier molecular flexibility index (Phi) is 7.04. The number of β-amino-alcohol motifs (C(OH)–C–C–N with tert-alkyl or cyclic N) is 1. The van der Waals surface area contributed by atoms with Gasteiger partial charge in [-0.15, -0.1) is 0 Å². The minimum absolute atomic E-state index is 0.0440. The number of esters is 1. The van der Waals surface area contributed by atoms with Gasteiger partial charge >= 0.3 is 5.97 Å². The Hall–Kier alpha value is -3.65. The normalized spacial score (nSPS) is 13.4. The third-order valence-corrected chi connectivity index (χ3v) is 4.99. The molecule has 3 rings (SSSR count). The molecule has 1 heterocycles. The van der Waals surface area contributed by atoms with Gasteiger partial charge in [0.25, 0.3) is 11.8 Å². The van der Waals surface area contributed by atoms with Crippen molar-refractivity contribution in [1.29, 1.82) is 0 Å². The molecule has 0 atom stereocenters. The number of para-hydroxylation sites is 1. The van der Waals surface area contributed by atoms with E-state index < -0.39 is 11.9 Å². The van der Waals surface area contributed by atoms with Crippen LogP contribution in [0.4, 0.5) is 11.4 Å². The molecule has 0 spiro atoms. The summed E-state index contributed by atoms with van der Waals surface area (Å²) < 4.78 is 4.78. The summed E-state index contributed by atoms with van der Waals surface area (Å²) in [6.45, 7) is 1.94. The van der Waals surface area contributed by atoms with Gasteiger partial charge in [0, 0.05) is 23.5 Å². The molecule has 8 heteroatoms. The van der Waals surface area contributed by atoms with E-state index in [1.165, 1.54) is 12.0 Å². The van der Waals surface area contributed by atoms with Crippen LogP contribution in [-0.4, -0.2) is 54.6 Å². The maximum absolute atomic E-state index is 12.8. The Morgan fingerprint density at radius 2 is 1.94 bits per heavy atom. The molecule has 0 bridgehead atoms. The molecule has 0 fully saturated rings. The van der Waals surface area contributed by atoms with Crippen molar-refractivity contribution in [2.75, 3.05) is 37.4 Å². The van der Waals surface area contributed by atoms with Crippen molar-refractivity contribution in [1.82, 2.24) is 4.90 Å². The Balaban J connectivity index is 1.83. The molecule has 162 valence electrons. The van der Waals surface area contributed by atoms with Crippen LogP contribution in [0.2, 0.25) is 0 Å². The summed E-state index contributed by atoms with van der Waals surface area (Å²) in [6, 6.07) is 14.2. The van der Waals surface area contributed by atoms with Gasteiger partial charge < -0.3 is 25.4 Å². The molecule has 2 amide bonds. The zero-order chi connectivity index (χ0) is 22.4. The Labute approximate surface area is 180 Å². The van der Waals surface area contributed by atoms with E-state index in [-0.39, 0.29) is 36.9 Å². The summed E-state index contributed by atoms with van der Waals surface area (Å²) in [6.07, 6.45) is 0.787. The molecule has 0 radical (unpaired) electrons. The number of aryl methyl sites for hydroxylation is 1. The summed E-state index contributed by atoms with van der Waals surface area (Å²) in [4.78, 5) is 38.9. The lowest BCUT2D eigenvalue weighted by molar-refractivity contribution is -0.136. The van der Waals surface area contributed by atoms with Gasteiger partial charge in [-0.25, -0.2) is 4.79 Å². The molecule has 8 nitrogen and oxygen atoms in total. The van der Waals surface area contributed by atoms with Crippen molar-refractivity contribution in [3.8, 4) is 0 Å². The summed E-state index contributed by atoms with van der Waals surface area (Å²) in [5.74, 6) is -1.33. The van der Waals surface area contributed by atoms with E-state index in [0.29, 0.717) is 11.3 Å². The van der Waals surface area contributed by atoms with E-state index in [1.54, 1.807) is 24.3 Å². The number of amides is 2. The number of benzene rings is 2. The monoisotopic (exact) mass is 423 g/mol. The van der Waals surface area contributed by atoms with E-state index in [4.69, 9.17) is 9.84 Å². The summed E-state index contributed by atoms with van der Waals surface area (Å²) >= 11 is 0. The van der Waals surface area contributed by atoms with Gasteiger partial charge in [0.15, 0.2) is 0 Å². The highest BCUT2D eigenvalue weighted by atomic mass is 16.5. The molecule has 0 saturated carbocycles. The summed E-state index contributed by atoms with van der Waals surface area (Å²) in [5.41, 5.74) is 2.90. The molecule has 0 aromatic heterocycles. The van der Waals surface area contributed by atoms with Crippen LogP contribution in [0.1, 0.15) is 22.8 Å². The van der Waals surface area contributed by atoms with Gasteiger partial charge in [-0.2, -0.15) is 0 Å². The second kappa shape index (κ2) is 9.90. The number of nitrogens with one attached hydrogen (secondary N) is 2. The molecule has 2 aromatic rings. The standard InChI is InChI=1S/C23H25N3O5/c1-3-15-7-4-5-10-19(15)25-21(28)16-8-6-9-17(13-16)24-20-18(23(30)31-2)14-26(11-12-27)22(20)29/h4-10,13,24,27H,3,11-12,14H2,1-2H3,(H,25,28). The minimum Gasteiger partial charge on any atom is -0.466 e. The lowest BCUT2D eigenvalue weighted by Crippen LogP contribution is -2.31. The minimum atomic E-state index is -0.624. The van der Waals surface area contributed by atoms with Gasteiger partial charge in [0.05, 0.1) is 25.8 Å². The number of anilines is 2. The van der Waals surface area contributed by atoms with Gasteiger partial charge in [-0.1, -0.05) is 31.2 Å². The number of nitrogens with zero attached hydrogens (tertiary/aromatic N) is 1. The molecular formula is C23H25N3O5. The van der Waals surface area contributed by atoms with Gasteiger partial charge in [-0.05, 0) is 36.2 Å². The quantitative estimate of drug-likeness (QED) is 0.562. The van der Waals surface area contributed by atoms with Crippen molar-refractivity contribution in [3.63, 3.8) is 0 Å². The molecule has 2 aromatic carbocycles. The number of rotatable bonds is 8. The van der Waals surface area contributed by atoms with Crippen LogP contribution >= 0.6 is 0 Å². The molecule has 1 aliphatic rings. The molecule has 1 aliphatic heterocycles. The maximum Gasteiger partial charge on any atom is 0.337 e. The smallest absolute Gasteiger partial charge is 0.337 e. The van der Waals surface area contributed by atoms with E-state index in [2.05, 4.69) is 10.6 Å². The fraction of sp³-hybridized carbons (Fsp3) is 0.261. The Bertz CT molecular complexity index is 1030. The predicted molar refractivity (Wildman–Crippen MR) is 117 cm³/mol. The van der Waals surface area contributed by atoms with E-state index in [0.717, 1.165) is 17.7 Å². The first-order chi connectivity index (χ1) is 15.0. The van der Waals surface area contributed by atoms with Crippen molar-refractivity contribution in [3.05, 3.63) is 70.9 Å². The van der Waals surface area contributed by atoms with Crippen LogP contribution in [0.3, 0.4) is 0 Å². The van der Waals surface area contributed by atoms with Crippen LogP contribution in [0.15, 0.2) is 59.8 Å². The molecular weight excluding hydrogens is 398 g/mol. The first-order valence-electron chi connectivity index (χ1n) is 9.96. The number of methoxy groups -OCH3 is 1. The van der Waals surface area contributed by atoms with Crippen LogP contribution in [0.5, 0.6) is 0 Å². The zero-order valence-corrected chi connectivity index (χ0v) is 17.5. The van der Waals surface area contributed by atoms with E-state index in [1.807, 2.05) is 31.2 Å². The molecule has 0 aliphatic carbocycles. The van der Waals surface area contributed by atoms with Gasteiger partial charge in [0.2, 0.25) is 0 Å². The Morgan fingerprint density at radius 3 is 2.65 bits per heavy atom. The van der Waals surface area contributed by atoms with E-state index in [9.17, 15) is 14.4 Å². The number of aliphatic hydroxyl groups is 1. The number of ether oxygens (including phenoxy) is 1. The van der Waals surface area contributed by atoms with Crippen molar-refractivity contribution in [2.45, 2.75) is 13.3 Å². The SMILES string of the molecule is CCc1ccccc1NC(=O)c1cccc(NC2=C(C(=O)OC)CN(CCO)C2=O)c1. The number of hydrogen-bond acceptors (Lipinski definition) is 6. The first-order valence-corrected chi connectivity index (χ1v) is 9.96. The fourth-order valence-corrected chi connectivity index (χ4v) is 3.38. The predicted octanol–water partition coefficient (Wildman–Crippen LogP) is 2.17. The molecule has 3 N–H and O–H groups in total. The van der Waals surface area contributed by atoms with Gasteiger partial charge in [0.1, 0.15) is 5.70 Å². The molecule has 0 saturated heterocycles. The summed E-state index contributed by atoms with van der Waals surface area (Å²) in [5, 5.41) is 15.0. The largest absolute Gasteiger partial charge is 0.466 e. The number of carbonyl (C=O) groups is 3. The fourth-order valence-electron chi connectivity index (χ4n) is 3.38. The third kappa shape index (κ3) is 4.92.